The fraction of sp³-hybridized carbons (Fsp3) is 0. The maximum Gasteiger partial charge on any atom is 0.274 e. The third-order valence-corrected chi connectivity index (χ3v) is 4.29. The summed E-state index contributed by atoms with van der Waals surface area (Å²) in [5, 5.41) is 7.12. The number of H-pyrrole nitrogens is 1. The van der Waals surface area contributed by atoms with Gasteiger partial charge >= 0.3 is 0 Å². The molecule has 134 valence electrons. The quantitative estimate of drug-likeness (QED) is 0.520. The monoisotopic (exact) mass is 424 g/mol. The molecule has 0 spiro atoms. The van der Waals surface area contributed by atoms with Crippen molar-refractivity contribution in [3.63, 3.8) is 0 Å². The molecule has 1 aromatic carbocycles. The van der Waals surface area contributed by atoms with Gasteiger partial charge in [0.2, 0.25) is 0 Å². The van der Waals surface area contributed by atoms with Crippen LogP contribution >= 0.6 is 15.9 Å². The van der Waals surface area contributed by atoms with Crippen molar-refractivity contribution in [2.75, 3.05) is 5.32 Å². The van der Waals surface area contributed by atoms with Crippen LogP contribution in [0, 0.1) is 0 Å². The highest BCUT2D eigenvalue weighted by Crippen LogP contribution is 2.23. The summed E-state index contributed by atoms with van der Waals surface area (Å²) in [6, 6.07) is 15.9. The van der Waals surface area contributed by atoms with E-state index < -0.39 is 11.5 Å². The molecule has 27 heavy (non-hydrogen) atoms. The molecule has 0 aliphatic carbocycles. The van der Waals surface area contributed by atoms with Gasteiger partial charge in [-0.1, -0.05) is 18.2 Å². The Labute approximate surface area is 161 Å². The Kier molecular flexibility index (Phi) is 4.47. The van der Waals surface area contributed by atoms with Crippen molar-refractivity contribution in [3.8, 4) is 17.1 Å². The number of carbonyl (C=O) groups excluding carboxylic acids is 1. The van der Waals surface area contributed by atoms with Gasteiger partial charge in [0.05, 0.1) is 12.0 Å². The molecule has 0 radical (unpaired) electrons. The Balaban J connectivity index is 1.77. The molecule has 0 aliphatic heterocycles. The number of hydrogen-bond donors (Lipinski definition) is 2. The van der Waals surface area contributed by atoms with E-state index in [2.05, 4.69) is 31.3 Å². The normalized spacial score (nSPS) is 10.7. The molecule has 0 saturated heterocycles. The number of para-hydroxylation sites is 1. The van der Waals surface area contributed by atoms with Gasteiger partial charge in [-0.05, 0) is 46.3 Å². The number of furan rings is 1. The largest absolute Gasteiger partial charge is 0.463 e. The van der Waals surface area contributed by atoms with E-state index >= 15 is 0 Å². The predicted molar refractivity (Wildman–Crippen MR) is 104 cm³/mol. The van der Waals surface area contributed by atoms with Crippen molar-refractivity contribution in [2.24, 2.45) is 0 Å². The summed E-state index contributed by atoms with van der Waals surface area (Å²) in [5.74, 6) is 0.0757. The van der Waals surface area contributed by atoms with Crippen LogP contribution in [-0.4, -0.2) is 20.7 Å². The topological polar surface area (TPSA) is 92.9 Å². The van der Waals surface area contributed by atoms with Gasteiger partial charge in [0.1, 0.15) is 17.1 Å². The summed E-state index contributed by atoms with van der Waals surface area (Å²) >= 11 is 3.27. The molecule has 4 rings (SSSR count). The van der Waals surface area contributed by atoms with Gasteiger partial charge in [-0.3, -0.25) is 9.59 Å². The lowest BCUT2D eigenvalue weighted by molar-refractivity contribution is 0.101. The number of carbonyl (C=O) groups is 1. The molecule has 3 aromatic heterocycles. The van der Waals surface area contributed by atoms with Crippen LogP contribution in [0.4, 0.5) is 5.69 Å². The molecule has 7 nitrogen and oxygen atoms in total. The molecule has 0 saturated carbocycles. The van der Waals surface area contributed by atoms with Crippen molar-refractivity contribution in [3.05, 3.63) is 87.6 Å². The SMILES string of the molecule is O=C(Nc1cc(Br)c[nH]c1=O)c1cc(-c2ccco2)nn1-c1ccccc1. The van der Waals surface area contributed by atoms with E-state index in [-0.39, 0.29) is 11.4 Å². The molecule has 0 fully saturated rings. The van der Waals surface area contributed by atoms with Gasteiger partial charge < -0.3 is 14.7 Å². The third-order valence-electron chi connectivity index (χ3n) is 3.83. The molecule has 1 amide bonds. The summed E-state index contributed by atoms with van der Waals surface area (Å²) < 4.78 is 7.54. The van der Waals surface area contributed by atoms with Gasteiger partial charge in [-0.15, -0.1) is 0 Å². The van der Waals surface area contributed by atoms with E-state index in [1.165, 1.54) is 23.2 Å². The number of rotatable bonds is 4. The van der Waals surface area contributed by atoms with Crippen LogP contribution in [0.2, 0.25) is 0 Å². The minimum Gasteiger partial charge on any atom is -0.463 e. The summed E-state index contributed by atoms with van der Waals surface area (Å²) in [6.07, 6.45) is 3.04. The maximum atomic E-state index is 12.9. The van der Waals surface area contributed by atoms with E-state index in [9.17, 15) is 9.59 Å². The Hall–Kier alpha value is -3.39. The second-order valence-corrected chi connectivity index (χ2v) is 6.57. The third kappa shape index (κ3) is 3.47. The number of aromatic nitrogens is 3. The van der Waals surface area contributed by atoms with Crippen molar-refractivity contribution in [2.45, 2.75) is 0 Å². The summed E-state index contributed by atoms with van der Waals surface area (Å²) in [5.41, 5.74) is 1.23. The molecular weight excluding hydrogens is 412 g/mol. The summed E-state index contributed by atoms with van der Waals surface area (Å²) in [7, 11) is 0. The van der Waals surface area contributed by atoms with Crippen molar-refractivity contribution >= 4 is 27.5 Å². The van der Waals surface area contributed by atoms with E-state index in [1.54, 1.807) is 18.2 Å². The fourth-order valence-corrected chi connectivity index (χ4v) is 2.93. The average Bonchev–Trinajstić information content (AvgIpc) is 3.35. The van der Waals surface area contributed by atoms with Crippen LogP contribution in [0.3, 0.4) is 0 Å². The zero-order chi connectivity index (χ0) is 18.8. The number of amides is 1. The maximum absolute atomic E-state index is 12.9. The summed E-state index contributed by atoms with van der Waals surface area (Å²) in [6.45, 7) is 0. The lowest BCUT2D eigenvalue weighted by Crippen LogP contribution is -2.22. The second kappa shape index (κ2) is 7.08. The van der Waals surface area contributed by atoms with Crippen LogP contribution in [0.15, 0.2) is 80.7 Å². The number of aromatic amines is 1. The molecule has 3 heterocycles. The highest BCUT2D eigenvalue weighted by molar-refractivity contribution is 9.10. The smallest absolute Gasteiger partial charge is 0.274 e. The highest BCUT2D eigenvalue weighted by atomic mass is 79.9. The molecule has 8 heteroatoms. The van der Waals surface area contributed by atoms with Gasteiger partial charge in [0, 0.05) is 16.7 Å². The average molecular weight is 425 g/mol. The first-order valence-corrected chi connectivity index (χ1v) is 8.80. The van der Waals surface area contributed by atoms with Gasteiger partial charge in [-0.25, -0.2) is 4.68 Å². The molecule has 0 aliphatic rings. The standard InChI is InChI=1S/C19H13BrN4O3/c20-12-9-15(18(25)21-11-12)22-19(26)16-10-14(17-7-4-8-27-17)23-24(16)13-5-2-1-3-6-13/h1-11H,(H,21,25)(H,22,26). The van der Waals surface area contributed by atoms with E-state index in [4.69, 9.17) is 4.42 Å². The van der Waals surface area contributed by atoms with Crippen molar-refractivity contribution < 1.29 is 9.21 Å². The first-order chi connectivity index (χ1) is 13.1. The number of halogens is 1. The Morgan fingerprint density at radius 1 is 1.15 bits per heavy atom. The lowest BCUT2D eigenvalue weighted by Gasteiger charge is -2.08. The molecular formula is C19H13BrN4O3. The number of nitrogens with one attached hydrogen (secondary N) is 2. The minimum atomic E-state index is -0.465. The Morgan fingerprint density at radius 3 is 2.70 bits per heavy atom. The predicted octanol–water partition coefficient (Wildman–Crippen LogP) is 3.84. The lowest BCUT2D eigenvalue weighted by atomic mass is 10.2. The van der Waals surface area contributed by atoms with E-state index in [0.29, 0.717) is 21.6 Å². The van der Waals surface area contributed by atoms with Crippen LogP contribution in [0.1, 0.15) is 10.5 Å². The minimum absolute atomic E-state index is 0.134. The zero-order valence-corrected chi connectivity index (χ0v) is 15.4. The number of nitrogens with zero attached hydrogens (tertiary/aromatic N) is 2. The zero-order valence-electron chi connectivity index (χ0n) is 13.8. The Bertz CT molecular complexity index is 1150. The molecule has 2 N–H and O–H groups in total. The van der Waals surface area contributed by atoms with Crippen LogP contribution < -0.4 is 10.9 Å². The van der Waals surface area contributed by atoms with Crippen LogP contribution in [0.5, 0.6) is 0 Å². The van der Waals surface area contributed by atoms with Crippen molar-refractivity contribution in [1.29, 1.82) is 0 Å². The number of anilines is 1. The molecule has 0 unspecified atom stereocenters. The highest BCUT2D eigenvalue weighted by Gasteiger charge is 2.19. The van der Waals surface area contributed by atoms with Gasteiger partial charge in [0.25, 0.3) is 11.5 Å². The van der Waals surface area contributed by atoms with Gasteiger partial charge in [-0.2, -0.15) is 5.10 Å². The number of benzene rings is 1. The van der Waals surface area contributed by atoms with Crippen molar-refractivity contribution in [1.82, 2.24) is 14.8 Å². The number of hydrogen-bond acceptors (Lipinski definition) is 4. The first-order valence-electron chi connectivity index (χ1n) is 8.01. The van der Waals surface area contributed by atoms with Crippen LogP contribution in [0.25, 0.3) is 17.1 Å². The van der Waals surface area contributed by atoms with E-state index in [1.807, 2.05) is 30.3 Å². The molecule has 4 aromatic rings. The van der Waals surface area contributed by atoms with E-state index in [0.717, 1.165) is 0 Å². The molecule has 0 bridgehead atoms. The Morgan fingerprint density at radius 2 is 1.96 bits per heavy atom. The summed E-state index contributed by atoms with van der Waals surface area (Å²) in [4.78, 5) is 27.4. The van der Waals surface area contributed by atoms with Crippen LogP contribution in [-0.2, 0) is 0 Å². The fourth-order valence-electron chi connectivity index (χ4n) is 2.59. The first kappa shape index (κ1) is 17.0. The molecule has 0 atom stereocenters. The number of pyridine rings is 1. The second-order valence-electron chi connectivity index (χ2n) is 5.65. The van der Waals surface area contributed by atoms with Gasteiger partial charge in [0.15, 0.2) is 5.76 Å².